The van der Waals surface area contributed by atoms with Crippen LogP contribution < -0.4 is 19.9 Å². The summed E-state index contributed by atoms with van der Waals surface area (Å²) in [5, 5.41) is 15.1. The molecule has 2 fully saturated rings. The molecule has 2 aromatic rings. The third-order valence-corrected chi connectivity index (χ3v) is 7.09. The second-order valence-corrected chi connectivity index (χ2v) is 8.23. The van der Waals surface area contributed by atoms with Gasteiger partial charge in [0.2, 0.25) is 0 Å². The maximum Gasteiger partial charge on any atom is 0.165 e. The van der Waals surface area contributed by atoms with Gasteiger partial charge < -0.3 is 24.7 Å². The standard InChI is InChI=1S/C23H25NO4/c1-27-18-5-3-4-15(22(18)28-2)21-20-13-7-6-12(10-13)19(20)16-11-14(23(25)26)8-9-17(16)24-21/h3-5,8-9,11-13,19-21,24H,6-7,10H2,1-2H3,(H,25,26)/p-1/t12-,13-,19+,20-,21+/m0/s1. The van der Waals surface area contributed by atoms with Crippen LogP contribution in [0.4, 0.5) is 5.69 Å². The van der Waals surface area contributed by atoms with E-state index in [0.29, 0.717) is 23.7 Å². The summed E-state index contributed by atoms with van der Waals surface area (Å²) in [7, 11) is 3.34. The first-order valence-corrected chi connectivity index (χ1v) is 9.95. The van der Waals surface area contributed by atoms with E-state index in [1.165, 1.54) is 19.3 Å². The Morgan fingerprint density at radius 2 is 1.89 bits per heavy atom. The molecule has 0 aromatic heterocycles. The zero-order valence-corrected chi connectivity index (χ0v) is 16.1. The average molecular weight is 378 g/mol. The molecule has 146 valence electrons. The Kier molecular flexibility index (Phi) is 4.00. The van der Waals surface area contributed by atoms with E-state index < -0.39 is 5.97 Å². The van der Waals surface area contributed by atoms with Crippen molar-refractivity contribution in [3.05, 3.63) is 53.1 Å². The molecule has 1 aliphatic heterocycles. The number of fused-ring (bicyclic) bond motifs is 7. The van der Waals surface area contributed by atoms with E-state index in [2.05, 4.69) is 11.4 Å². The molecule has 0 saturated heterocycles. The molecule has 1 heterocycles. The minimum Gasteiger partial charge on any atom is -0.545 e. The molecule has 5 rings (SSSR count). The first-order chi connectivity index (χ1) is 13.6. The molecule has 2 aromatic carbocycles. The third-order valence-electron chi connectivity index (χ3n) is 7.09. The summed E-state index contributed by atoms with van der Waals surface area (Å²) in [4.78, 5) is 11.4. The van der Waals surface area contributed by atoms with E-state index in [4.69, 9.17) is 9.47 Å². The molecule has 5 nitrogen and oxygen atoms in total. The second kappa shape index (κ2) is 6.43. The Morgan fingerprint density at radius 1 is 1.07 bits per heavy atom. The van der Waals surface area contributed by atoms with Crippen LogP contribution in [-0.2, 0) is 0 Å². The zero-order valence-electron chi connectivity index (χ0n) is 16.1. The van der Waals surface area contributed by atoms with Gasteiger partial charge >= 0.3 is 0 Å². The number of para-hydroxylation sites is 1. The fourth-order valence-corrected chi connectivity index (χ4v) is 6.08. The lowest BCUT2D eigenvalue weighted by Gasteiger charge is -2.44. The van der Waals surface area contributed by atoms with Crippen molar-refractivity contribution in [1.29, 1.82) is 0 Å². The molecular weight excluding hydrogens is 354 g/mol. The molecule has 0 spiro atoms. The van der Waals surface area contributed by atoms with E-state index in [1.54, 1.807) is 20.3 Å². The topological polar surface area (TPSA) is 70.6 Å². The van der Waals surface area contributed by atoms with Crippen LogP contribution in [0.2, 0.25) is 0 Å². The van der Waals surface area contributed by atoms with Gasteiger partial charge in [-0.25, -0.2) is 0 Å². The number of aromatic carboxylic acids is 1. The van der Waals surface area contributed by atoms with Gasteiger partial charge in [0.05, 0.1) is 26.2 Å². The van der Waals surface area contributed by atoms with Crippen LogP contribution in [0.3, 0.4) is 0 Å². The van der Waals surface area contributed by atoms with Crippen LogP contribution in [-0.4, -0.2) is 20.2 Å². The summed E-state index contributed by atoms with van der Waals surface area (Å²) in [6.07, 6.45) is 3.68. The number of rotatable bonds is 4. The van der Waals surface area contributed by atoms with Crippen LogP contribution >= 0.6 is 0 Å². The van der Waals surface area contributed by atoms with Crippen molar-refractivity contribution in [2.45, 2.75) is 31.2 Å². The van der Waals surface area contributed by atoms with Crippen molar-refractivity contribution in [3.8, 4) is 11.5 Å². The van der Waals surface area contributed by atoms with Crippen LogP contribution in [0.25, 0.3) is 0 Å². The Bertz CT molecular complexity index is 940. The number of carbonyl (C=O) groups is 1. The number of benzene rings is 2. The van der Waals surface area contributed by atoms with Gasteiger partial charge in [0, 0.05) is 11.3 Å². The van der Waals surface area contributed by atoms with Crippen molar-refractivity contribution in [1.82, 2.24) is 0 Å². The highest BCUT2D eigenvalue weighted by Gasteiger charge is 2.54. The van der Waals surface area contributed by atoms with Crippen LogP contribution in [0.1, 0.15) is 52.7 Å². The maximum absolute atomic E-state index is 11.4. The average Bonchev–Trinajstić information content (AvgIpc) is 3.34. The first-order valence-electron chi connectivity index (χ1n) is 9.95. The number of carboxylic acid groups (broad SMARTS) is 1. The minimum atomic E-state index is -1.11. The molecule has 28 heavy (non-hydrogen) atoms. The van der Waals surface area contributed by atoms with Gasteiger partial charge in [0.1, 0.15) is 0 Å². The molecule has 0 radical (unpaired) electrons. The normalized spacial score (nSPS) is 29.6. The monoisotopic (exact) mass is 378 g/mol. The smallest absolute Gasteiger partial charge is 0.165 e. The number of ether oxygens (including phenoxy) is 2. The van der Waals surface area contributed by atoms with E-state index >= 15 is 0 Å². The summed E-state index contributed by atoms with van der Waals surface area (Å²) in [6, 6.07) is 11.5. The first kappa shape index (κ1) is 17.4. The molecule has 2 bridgehead atoms. The third kappa shape index (κ3) is 2.42. The predicted octanol–water partition coefficient (Wildman–Crippen LogP) is 3.36. The molecule has 5 atom stereocenters. The van der Waals surface area contributed by atoms with Crippen LogP contribution in [0, 0.1) is 17.8 Å². The number of methoxy groups -OCH3 is 2. The Morgan fingerprint density at radius 3 is 2.64 bits per heavy atom. The quantitative estimate of drug-likeness (QED) is 0.883. The van der Waals surface area contributed by atoms with Crippen molar-refractivity contribution < 1.29 is 19.4 Å². The zero-order chi connectivity index (χ0) is 19.4. The van der Waals surface area contributed by atoms with Crippen molar-refractivity contribution in [3.63, 3.8) is 0 Å². The molecule has 5 heteroatoms. The molecule has 0 unspecified atom stereocenters. The van der Waals surface area contributed by atoms with E-state index in [-0.39, 0.29) is 11.6 Å². The van der Waals surface area contributed by atoms with Crippen LogP contribution in [0.15, 0.2) is 36.4 Å². The lowest BCUT2D eigenvalue weighted by atomic mass is 9.67. The summed E-state index contributed by atoms with van der Waals surface area (Å²) in [5.41, 5.74) is 3.53. The number of carbonyl (C=O) groups excluding carboxylic acids is 1. The largest absolute Gasteiger partial charge is 0.545 e. The van der Waals surface area contributed by atoms with Gasteiger partial charge in [-0.1, -0.05) is 18.2 Å². The van der Waals surface area contributed by atoms with Crippen molar-refractivity contribution in [2.75, 3.05) is 19.5 Å². The van der Waals surface area contributed by atoms with E-state index in [0.717, 1.165) is 28.3 Å². The highest BCUT2D eigenvalue weighted by atomic mass is 16.5. The van der Waals surface area contributed by atoms with Gasteiger partial charge in [0.15, 0.2) is 11.5 Å². The Balaban J connectivity index is 1.65. The van der Waals surface area contributed by atoms with Crippen LogP contribution in [0.5, 0.6) is 11.5 Å². The number of anilines is 1. The van der Waals surface area contributed by atoms with Gasteiger partial charge in [-0.15, -0.1) is 0 Å². The highest BCUT2D eigenvalue weighted by Crippen LogP contribution is 2.64. The Hall–Kier alpha value is -2.69. The minimum absolute atomic E-state index is 0.117. The number of hydrogen-bond donors (Lipinski definition) is 1. The number of carboxylic acids is 1. The predicted molar refractivity (Wildman–Crippen MR) is 104 cm³/mol. The maximum atomic E-state index is 11.4. The molecule has 2 saturated carbocycles. The fraction of sp³-hybridized carbons (Fsp3) is 0.435. The van der Waals surface area contributed by atoms with Crippen molar-refractivity contribution in [2.24, 2.45) is 17.8 Å². The van der Waals surface area contributed by atoms with Gasteiger partial charge in [-0.3, -0.25) is 0 Å². The lowest BCUT2D eigenvalue weighted by molar-refractivity contribution is -0.255. The molecule has 0 amide bonds. The summed E-state index contributed by atoms with van der Waals surface area (Å²) >= 11 is 0. The second-order valence-electron chi connectivity index (χ2n) is 8.23. The van der Waals surface area contributed by atoms with Crippen molar-refractivity contribution >= 4 is 11.7 Å². The SMILES string of the molecule is COc1cccc([C@H]2Nc3ccc(C(=O)[O-])cc3[C@H]3[C@H]4CC[C@@H](C4)[C@@H]32)c1OC. The Labute approximate surface area is 164 Å². The molecule has 1 N–H and O–H groups in total. The summed E-state index contributed by atoms with van der Waals surface area (Å²) in [5.74, 6) is 2.45. The van der Waals surface area contributed by atoms with Gasteiger partial charge in [-0.05, 0) is 72.3 Å². The van der Waals surface area contributed by atoms with Gasteiger partial charge in [-0.2, -0.15) is 0 Å². The van der Waals surface area contributed by atoms with E-state index in [9.17, 15) is 9.90 Å². The lowest BCUT2D eigenvalue weighted by Crippen LogP contribution is -2.36. The molecule has 2 aliphatic carbocycles. The van der Waals surface area contributed by atoms with E-state index in [1.807, 2.05) is 24.3 Å². The fourth-order valence-electron chi connectivity index (χ4n) is 6.08. The summed E-state index contributed by atoms with van der Waals surface area (Å²) in [6.45, 7) is 0. The molecule has 3 aliphatic rings. The highest BCUT2D eigenvalue weighted by molar-refractivity contribution is 5.87. The van der Waals surface area contributed by atoms with Gasteiger partial charge in [0.25, 0.3) is 0 Å². The molecular formula is C23H24NO4-. The number of hydrogen-bond acceptors (Lipinski definition) is 5. The summed E-state index contributed by atoms with van der Waals surface area (Å²) < 4.78 is 11.3. The number of nitrogens with one attached hydrogen (secondary N) is 1.